The van der Waals surface area contributed by atoms with Gasteiger partial charge in [-0.2, -0.15) is 0 Å². The van der Waals surface area contributed by atoms with Crippen molar-refractivity contribution in [3.8, 4) is 5.75 Å². The summed E-state index contributed by atoms with van der Waals surface area (Å²) in [6.45, 7) is 6.89. The molecule has 1 heterocycles. The van der Waals surface area contributed by atoms with E-state index in [2.05, 4.69) is 17.2 Å². The number of pyridine rings is 1. The van der Waals surface area contributed by atoms with Gasteiger partial charge in [-0.3, -0.25) is 0 Å². The first-order valence-electron chi connectivity index (χ1n) is 6.13. The molecule has 4 nitrogen and oxygen atoms in total. The van der Waals surface area contributed by atoms with Crippen LogP contribution in [0.5, 0.6) is 5.75 Å². The Morgan fingerprint density at radius 2 is 2.24 bits per heavy atom. The van der Waals surface area contributed by atoms with Crippen LogP contribution >= 0.6 is 0 Å². The van der Waals surface area contributed by atoms with E-state index < -0.39 is 5.60 Å². The fraction of sp³-hybridized carbons (Fsp3) is 0.615. The standard InChI is InChI=1S/C13H22N2O2/c1-4-8-13(3,16)10-15-12-11(17-5-2)7-6-9-14-12/h6-7,9,16H,4-5,8,10H2,1-3H3,(H,14,15). The van der Waals surface area contributed by atoms with E-state index in [0.717, 1.165) is 18.6 Å². The molecule has 96 valence electrons. The summed E-state index contributed by atoms with van der Waals surface area (Å²) >= 11 is 0. The van der Waals surface area contributed by atoms with Crippen molar-refractivity contribution in [2.45, 2.75) is 39.2 Å². The summed E-state index contributed by atoms with van der Waals surface area (Å²) in [6, 6.07) is 3.70. The van der Waals surface area contributed by atoms with Crippen LogP contribution in [0.4, 0.5) is 5.82 Å². The molecule has 0 radical (unpaired) electrons. The number of aromatic nitrogens is 1. The second kappa shape index (κ2) is 6.45. The molecule has 0 fully saturated rings. The molecule has 0 saturated carbocycles. The maximum absolute atomic E-state index is 10.1. The van der Waals surface area contributed by atoms with Gasteiger partial charge >= 0.3 is 0 Å². The van der Waals surface area contributed by atoms with Gasteiger partial charge in [-0.05, 0) is 32.4 Å². The molecule has 1 unspecified atom stereocenters. The lowest BCUT2D eigenvalue weighted by Crippen LogP contribution is -2.33. The quantitative estimate of drug-likeness (QED) is 0.766. The van der Waals surface area contributed by atoms with Gasteiger partial charge in [-0.15, -0.1) is 0 Å². The number of hydrogen-bond acceptors (Lipinski definition) is 4. The number of aliphatic hydroxyl groups is 1. The van der Waals surface area contributed by atoms with Crippen molar-refractivity contribution < 1.29 is 9.84 Å². The van der Waals surface area contributed by atoms with Gasteiger partial charge in [0.05, 0.1) is 12.2 Å². The summed E-state index contributed by atoms with van der Waals surface area (Å²) in [4.78, 5) is 4.21. The summed E-state index contributed by atoms with van der Waals surface area (Å²) in [5.41, 5.74) is -0.713. The zero-order chi connectivity index (χ0) is 12.7. The highest BCUT2D eigenvalue weighted by Gasteiger charge is 2.19. The van der Waals surface area contributed by atoms with Gasteiger partial charge in [0.25, 0.3) is 0 Å². The van der Waals surface area contributed by atoms with Crippen LogP contribution in [0.15, 0.2) is 18.3 Å². The third-order valence-corrected chi connectivity index (χ3v) is 2.50. The second-order valence-electron chi connectivity index (χ2n) is 4.38. The zero-order valence-electron chi connectivity index (χ0n) is 10.9. The molecule has 1 atom stereocenters. The molecule has 4 heteroatoms. The fourth-order valence-electron chi connectivity index (χ4n) is 1.70. The minimum atomic E-state index is -0.713. The first-order chi connectivity index (χ1) is 8.09. The third kappa shape index (κ3) is 4.61. The molecule has 0 bridgehead atoms. The number of hydrogen-bond donors (Lipinski definition) is 2. The molecule has 0 spiro atoms. The van der Waals surface area contributed by atoms with Crippen LogP contribution in [-0.2, 0) is 0 Å². The van der Waals surface area contributed by atoms with Gasteiger partial charge in [0, 0.05) is 12.7 Å². The lowest BCUT2D eigenvalue weighted by molar-refractivity contribution is 0.0635. The lowest BCUT2D eigenvalue weighted by atomic mass is 10.0. The van der Waals surface area contributed by atoms with E-state index >= 15 is 0 Å². The van der Waals surface area contributed by atoms with Crippen LogP contribution in [0.2, 0.25) is 0 Å². The predicted octanol–water partition coefficient (Wildman–Crippen LogP) is 2.44. The highest BCUT2D eigenvalue weighted by Crippen LogP contribution is 2.22. The number of nitrogens with one attached hydrogen (secondary N) is 1. The summed E-state index contributed by atoms with van der Waals surface area (Å²) < 4.78 is 5.46. The molecule has 2 N–H and O–H groups in total. The number of rotatable bonds is 7. The van der Waals surface area contributed by atoms with Crippen LogP contribution in [-0.4, -0.2) is 28.8 Å². The summed E-state index contributed by atoms with van der Waals surface area (Å²) in [6.07, 6.45) is 3.42. The van der Waals surface area contributed by atoms with E-state index in [1.54, 1.807) is 6.20 Å². The highest BCUT2D eigenvalue weighted by atomic mass is 16.5. The predicted molar refractivity (Wildman–Crippen MR) is 69.4 cm³/mol. The van der Waals surface area contributed by atoms with Crippen molar-refractivity contribution in [2.24, 2.45) is 0 Å². The number of ether oxygens (including phenoxy) is 1. The first-order valence-corrected chi connectivity index (χ1v) is 6.13. The minimum Gasteiger partial charge on any atom is -0.490 e. The van der Waals surface area contributed by atoms with E-state index in [9.17, 15) is 5.11 Å². The van der Waals surface area contributed by atoms with E-state index in [1.165, 1.54) is 0 Å². The normalized spacial score (nSPS) is 14.1. The first kappa shape index (κ1) is 13.8. The molecule has 0 saturated heterocycles. The molecule has 0 aromatic carbocycles. The van der Waals surface area contributed by atoms with Crippen molar-refractivity contribution in [3.05, 3.63) is 18.3 Å². The molecular formula is C13H22N2O2. The summed E-state index contributed by atoms with van der Waals surface area (Å²) in [7, 11) is 0. The molecule has 0 aliphatic heterocycles. The van der Waals surface area contributed by atoms with E-state index in [0.29, 0.717) is 19.0 Å². The van der Waals surface area contributed by atoms with Crippen molar-refractivity contribution in [1.29, 1.82) is 0 Å². The largest absolute Gasteiger partial charge is 0.490 e. The Morgan fingerprint density at radius 1 is 1.47 bits per heavy atom. The SMILES string of the molecule is CCCC(C)(O)CNc1ncccc1OCC. The van der Waals surface area contributed by atoms with Gasteiger partial charge in [0.15, 0.2) is 11.6 Å². The molecule has 1 rings (SSSR count). The van der Waals surface area contributed by atoms with Crippen LogP contribution in [0.3, 0.4) is 0 Å². The molecule has 17 heavy (non-hydrogen) atoms. The topological polar surface area (TPSA) is 54.4 Å². The zero-order valence-corrected chi connectivity index (χ0v) is 10.9. The molecule has 1 aromatic rings. The maximum Gasteiger partial charge on any atom is 0.168 e. The van der Waals surface area contributed by atoms with Gasteiger partial charge < -0.3 is 15.2 Å². The third-order valence-electron chi connectivity index (χ3n) is 2.50. The van der Waals surface area contributed by atoms with E-state index in [1.807, 2.05) is 26.0 Å². The Morgan fingerprint density at radius 3 is 2.88 bits per heavy atom. The molecule has 0 amide bonds. The minimum absolute atomic E-state index is 0.470. The van der Waals surface area contributed by atoms with Gasteiger partial charge in [-0.1, -0.05) is 13.3 Å². The van der Waals surface area contributed by atoms with Crippen LogP contribution < -0.4 is 10.1 Å². The second-order valence-corrected chi connectivity index (χ2v) is 4.38. The Bertz CT molecular complexity index is 340. The Balaban J connectivity index is 2.62. The van der Waals surface area contributed by atoms with Crippen LogP contribution in [0.1, 0.15) is 33.6 Å². The van der Waals surface area contributed by atoms with Gasteiger partial charge in [-0.25, -0.2) is 4.98 Å². The molecule has 0 aliphatic rings. The summed E-state index contributed by atoms with van der Waals surface area (Å²) in [5, 5.41) is 13.2. The van der Waals surface area contributed by atoms with Gasteiger partial charge in [0.2, 0.25) is 0 Å². The lowest BCUT2D eigenvalue weighted by Gasteiger charge is -2.23. The smallest absolute Gasteiger partial charge is 0.168 e. The maximum atomic E-state index is 10.1. The van der Waals surface area contributed by atoms with Crippen molar-refractivity contribution >= 4 is 5.82 Å². The average molecular weight is 238 g/mol. The van der Waals surface area contributed by atoms with Crippen LogP contribution in [0.25, 0.3) is 0 Å². The molecular weight excluding hydrogens is 216 g/mol. The van der Waals surface area contributed by atoms with Gasteiger partial charge in [0.1, 0.15) is 0 Å². The van der Waals surface area contributed by atoms with Crippen molar-refractivity contribution in [2.75, 3.05) is 18.5 Å². The van der Waals surface area contributed by atoms with Crippen molar-refractivity contribution in [3.63, 3.8) is 0 Å². The average Bonchev–Trinajstić information content (AvgIpc) is 2.28. The Hall–Kier alpha value is -1.29. The van der Waals surface area contributed by atoms with E-state index in [4.69, 9.17) is 4.74 Å². The summed E-state index contributed by atoms with van der Waals surface area (Å²) in [5.74, 6) is 1.41. The monoisotopic (exact) mass is 238 g/mol. The fourth-order valence-corrected chi connectivity index (χ4v) is 1.70. The molecule has 0 aliphatic carbocycles. The Kier molecular flexibility index (Phi) is 5.22. The number of anilines is 1. The molecule has 1 aromatic heterocycles. The van der Waals surface area contributed by atoms with Crippen LogP contribution in [0, 0.1) is 0 Å². The Labute approximate surface area is 103 Å². The number of nitrogens with zero attached hydrogens (tertiary/aromatic N) is 1. The highest BCUT2D eigenvalue weighted by molar-refractivity contribution is 5.49. The van der Waals surface area contributed by atoms with E-state index in [-0.39, 0.29) is 0 Å². The van der Waals surface area contributed by atoms with Crippen molar-refractivity contribution in [1.82, 2.24) is 4.98 Å².